The van der Waals surface area contributed by atoms with Crippen LogP contribution in [0.15, 0.2) is 12.2 Å². The van der Waals surface area contributed by atoms with Crippen LogP contribution >= 0.6 is 0 Å². The van der Waals surface area contributed by atoms with Gasteiger partial charge < -0.3 is 0 Å². The van der Waals surface area contributed by atoms with Crippen LogP contribution in [-0.4, -0.2) is 0 Å². The van der Waals surface area contributed by atoms with E-state index in [1.54, 1.807) is 0 Å². The fraction of sp³-hybridized carbons (Fsp3) is 0.857. The lowest BCUT2D eigenvalue weighted by molar-refractivity contribution is 0.437. The molecule has 0 nitrogen and oxygen atoms in total. The number of allylic oxidation sites excluding steroid dienone is 1. The van der Waals surface area contributed by atoms with E-state index in [1.165, 1.54) is 56.9 Å². The van der Waals surface area contributed by atoms with Crippen molar-refractivity contribution in [3.05, 3.63) is 12.2 Å². The molecule has 0 aliphatic carbocycles. The van der Waals surface area contributed by atoms with Crippen molar-refractivity contribution in [2.24, 2.45) is 5.92 Å². The lowest BCUT2D eigenvalue weighted by atomic mass is 9.91. The zero-order valence-electron chi connectivity index (χ0n) is 10.4. The summed E-state index contributed by atoms with van der Waals surface area (Å²) in [7, 11) is 0. The summed E-state index contributed by atoms with van der Waals surface area (Å²) in [5, 5.41) is 0. The van der Waals surface area contributed by atoms with E-state index >= 15 is 0 Å². The van der Waals surface area contributed by atoms with Gasteiger partial charge in [-0.1, -0.05) is 71.4 Å². The average Bonchev–Trinajstić information content (AvgIpc) is 2.17. The molecule has 0 amide bonds. The Bertz CT molecular complexity index is 135. The van der Waals surface area contributed by atoms with Gasteiger partial charge in [-0.3, -0.25) is 0 Å². The van der Waals surface area contributed by atoms with Crippen LogP contribution in [0.5, 0.6) is 0 Å². The summed E-state index contributed by atoms with van der Waals surface area (Å²) in [6.45, 7) is 11.0. The summed E-state index contributed by atoms with van der Waals surface area (Å²) in [6, 6.07) is 0. The van der Waals surface area contributed by atoms with Crippen LogP contribution < -0.4 is 0 Å². The first-order valence-corrected chi connectivity index (χ1v) is 6.41. The molecule has 0 aromatic rings. The van der Waals surface area contributed by atoms with Crippen LogP contribution in [-0.2, 0) is 0 Å². The Morgan fingerprint density at radius 3 is 2.29 bits per heavy atom. The molecule has 14 heavy (non-hydrogen) atoms. The minimum Gasteiger partial charge on any atom is -0.0999 e. The van der Waals surface area contributed by atoms with Gasteiger partial charge in [0.1, 0.15) is 0 Å². The summed E-state index contributed by atoms with van der Waals surface area (Å²) < 4.78 is 0. The first kappa shape index (κ1) is 13.7. The Hall–Kier alpha value is -0.260. The van der Waals surface area contributed by atoms with Crippen molar-refractivity contribution in [2.45, 2.75) is 72.1 Å². The van der Waals surface area contributed by atoms with Crippen molar-refractivity contribution in [3.63, 3.8) is 0 Å². The highest BCUT2D eigenvalue weighted by atomic mass is 14.1. The Labute approximate surface area is 90.8 Å². The summed E-state index contributed by atoms with van der Waals surface area (Å²) in [4.78, 5) is 0. The molecule has 0 aromatic heterocycles. The molecule has 0 aliphatic rings. The third kappa shape index (κ3) is 7.17. The second-order valence-electron chi connectivity index (χ2n) is 4.47. The Morgan fingerprint density at radius 1 is 1.07 bits per heavy atom. The van der Waals surface area contributed by atoms with Crippen LogP contribution in [0.4, 0.5) is 0 Å². The highest BCUT2D eigenvalue weighted by Crippen LogP contribution is 2.22. The summed E-state index contributed by atoms with van der Waals surface area (Å²) in [5.74, 6) is 0.903. The van der Waals surface area contributed by atoms with Gasteiger partial charge in [-0.05, 0) is 18.8 Å². The zero-order valence-corrected chi connectivity index (χ0v) is 10.4. The molecule has 0 N–H and O–H groups in total. The first-order chi connectivity index (χ1) is 6.74. The first-order valence-electron chi connectivity index (χ1n) is 6.41. The van der Waals surface area contributed by atoms with Crippen molar-refractivity contribution >= 4 is 0 Å². The highest BCUT2D eigenvalue weighted by Gasteiger charge is 2.07. The zero-order chi connectivity index (χ0) is 10.8. The maximum atomic E-state index is 4.16. The SMILES string of the molecule is C=C(CCC)CC(CC)CCCCC. The minimum absolute atomic E-state index is 0.903. The third-order valence-corrected chi connectivity index (χ3v) is 2.97. The van der Waals surface area contributed by atoms with Gasteiger partial charge in [0.25, 0.3) is 0 Å². The molecule has 1 atom stereocenters. The van der Waals surface area contributed by atoms with Crippen molar-refractivity contribution < 1.29 is 0 Å². The lowest BCUT2D eigenvalue weighted by Crippen LogP contribution is -2.00. The van der Waals surface area contributed by atoms with Crippen LogP contribution in [0.25, 0.3) is 0 Å². The van der Waals surface area contributed by atoms with E-state index in [1.807, 2.05) is 0 Å². The van der Waals surface area contributed by atoms with E-state index in [0.29, 0.717) is 0 Å². The molecule has 84 valence electrons. The predicted molar refractivity (Wildman–Crippen MR) is 66.6 cm³/mol. The number of hydrogen-bond donors (Lipinski definition) is 0. The molecular formula is C14H28. The van der Waals surface area contributed by atoms with E-state index in [-0.39, 0.29) is 0 Å². The number of hydrogen-bond acceptors (Lipinski definition) is 0. The Morgan fingerprint density at radius 2 is 1.79 bits per heavy atom. The summed E-state index contributed by atoms with van der Waals surface area (Å²) in [5.41, 5.74) is 1.47. The van der Waals surface area contributed by atoms with Gasteiger partial charge in [-0.2, -0.15) is 0 Å². The standard InChI is InChI=1S/C14H28/c1-5-8-9-11-14(7-3)12-13(4)10-6-2/h14H,4-12H2,1-3H3. The second-order valence-corrected chi connectivity index (χ2v) is 4.47. The van der Waals surface area contributed by atoms with Crippen molar-refractivity contribution in [3.8, 4) is 0 Å². The lowest BCUT2D eigenvalue weighted by Gasteiger charge is -2.15. The van der Waals surface area contributed by atoms with Gasteiger partial charge in [0.2, 0.25) is 0 Å². The molecule has 0 rings (SSSR count). The van der Waals surface area contributed by atoms with Crippen LogP contribution in [0.1, 0.15) is 72.1 Å². The molecule has 1 unspecified atom stereocenters. The predicted octanol–water partition coefficient (Wildman–Crippen LogP) is 5.34. The molecule has 0 saturated carbocycles. The van der Waals surface area contributed by atoms with Gasteiger partial charge in [-0.25, -0.2) is 0 Å². The number of unbranched alkanes of at least 4 members (excludes halogenated alkanes) is 2. The summed E-state index contributed by atoms with van der Waals surface area (Å²) in [6.07, 6.45) is 10.6. The van der Waals surface area contributed by atoms with Crippen molar-refractivity contribution in [1.29, 1.82) is 0 Å². The monoisotopic (exact) mass is 196 g/mol. The highest BCUT2D eigenvalue weighted by molar-refractivity contribution is 4.95. The molecule has 0 fully saturated rings. The van der Waals surface area contributed by atoms with Crippen molar-refractivity contribution in [2.75, 3.05) is 0 Å². The van der Waals surface area contributed by atoms with Gasteiger partial charge in [0, 0.05) is 0 Å². The number of rotatable bonds is 9. The fourth-order valence-electron chi connectivity index (χ4n) is 2.00. The molecule has 0 radical (unpaired) electrons. The quantitative estimate of drug-likeness (QED) is 0.345. The van der Waals surface area contributed by atoms with Crippen molar-refractivity contribution in [1.82, 2.24) is 0 Å². The van der Waals surface area contributed by atoms with Crippen LogP contribution in [0, 0.1) is 5.92 Å². The summed E-state index contributed by atoms with van der Waals surface area (Å²) >= 11 is 0. The maximum absolute atomic E-state index is 4.16. The van der Waals surface area contributed by atoms with E-state index in [9.17, 15) is 0 Å². The molecule has 0 heterocycles. The van der Waals surface area contributed by atoms with E-state index in [0.717, 1.165) is 5.92 Å². The van der Waals surface area contributed by atoms with Gasteiger partial charge in [0.15, 0.2) is 0 Å². The molecule has 0 spiro atoms. The van der Waals surface area contributed by atoms with Crippen LogP contribution in [0.3, 0.4) is 0 Å². The average molecular weight is 196 g/mol. The van der Waals surface area contributed by atoms with Gasteiger partial charge in [0.05, 0.1) is 0 Å². The topological polar surface area (TPSA) is 0 Å². The molecule has 0 heteroatoms. The van der Waals surface area contributed by atoms with E-state index < -0.39 is 0 Å². The Kier molecular flexibility index (Phi) is 9.13. The maximum Gasteiger partial charge on any atom is -0.0295 e. The molecule has 0 saturated heterocycles. The van der Waals surface area contributed by atoms with E-state index in [2.05, 4.69) is 27.4 Å². The largest absolute Gasteiger partial charge is 0.0999 e. The molecule has 0 bridgehead atoms. The molecular weight excluding hydrogens is 168 g/mol. The Balaban J connectivity index is 3.61. The van der Waals surface area contributed by atoms with E-state index in [4.69, 9.17) is 0 Å². The molecule has 0 aromatic carbocycles. The normalized spacial score (nSPS) is 12.8. The van der Waals surface area contributed by atoms with Gasteiger partial charge in [-0.15, -0.1) is 0 Å². The second kappa shape index (κ2) is 9.30. The minimum atomic E-state index is 0.903. The van der Waals surface area contributed by atoms with Crippen LogP contribution in [0.2, 0.25) is 0 Å². The smallest absolute Gasteiger partial charge is 0.0295 e. The third-order valence-electron chi connectivity index (χ3n) is 2.97. The molecule has 0 aliphatic heterocycles. The fourth-order valence-corrected chi connectivity index (χ4v) is 2.00. The van der Waals surface area contributed by atoms with Gasteiger partial charge >= 0.3 is 0 Å².